The lowest BCUT2D eigenvalue weighted by Crippen LogP contribution is -2.12. The fraction of sp³-hybridized carbons (Fsp3) is 0.357. The van der Waals surface area contributed by atoms with Crippen molar-refractivity contribution in [2.24, 2.45) is 0 Å². The lowest BCUT2D eigenvalue weighted by Gasteiger charge is -2.12. The molecule has 0 amide bonds. The smallest absolute Gasteiger partial charge is 0.323 e. The number of nitrogens with one attached hydrogen (secondary N) is 1. The fourth-order valence-electron chi connectivity index (χ4n) is 1.79. The Balaban J connectivity index is 2.29. The highest BCUT2D eigenvalue weighted by atomic mass is 79.9. The second-order valence-corrected chi connectivity index (χ2v) is 5.66. The Morgan fingerprint density at radius 1 is 1.29 bits per heavy atom. The molecule has 21 heavy (non-hydrogen) atoms. The monoisotopic (exact) mass is 351 g/mol. The number of benzene rings is 1. The minimum absolute atomic E-state index is 0.0291. The Kier molecular flexibility index (Phi) is 4.95. The fourth-order valence-corrected chi connectivity index (χ4v) is 2.20. The van der Waals surface area contributed by atoms with Gasteiger partial charge in [-0.2, -0.15) is 15.0 Å². The van der Waals surface area contributed by atoms with Crippen molar-refractivity contribution in [1.82, 2.24) is 15.0 Å². The van der Waals surface area contributed by atoms with Crippen LogP contribution in [0.4, 0.5) is 17.6 Å². The predicted molar refractivity (Wildman–Crippen MR) is 86.8 cm³/mol. The molecule has 0 aliphatic heterocycles. The van der Waals surface area contributed by atoms with E-state index in [1.807, 2.05) is 26.0 Å². The second-order valence-electron chi connectivity index (χ2n) is 4.75. The molecule has 1 aromatic heterocycles. The maximum atomic E-state index is 5.69. The number of aryl methyl sites for hydroxylation is 1. The zero-order chi connectivity index (χ0) is 15.4. The Hall–Kier alpha value is -1.89. The number of ether oxygens (including phenoxy) is 1. The van der Waals surface area contributed by atoms with Gasteiger partial charge >= 0.3 is 6.01 Å². The van der Waals surface area contributed by atoms with Crippen LogP contribution >= 0.6 is 15.9 Å². The number of hydrogen-bond donors (Lipinski definition) is 2. The van der Waals surface area contributed by atoms with Crippen LogP contribution in [-0.2, 0) is 6.42 Å². The SMILES string of the molecule is CCc1cc(Br)ccc1Nc1nc(N)nc(OC(C)C)n1. The van der Waals surface area contributed by atoms with Gasteiger partial charge < -0.3 is 15.8 Å². The van der Waals surface area contributed by atoms with Gasteiger partial charge in [-0.25, -0.2) is 0 Å². The van der Waals surface area contributed by atoms with Crippen molar-refractivity contribution in [3.8, 4) is 6.01 Å². The summed E-state index contributed by atoms with van der Waals surface area (Å²) in [6, 6.07) is 6.19. The van der Waals surface area contributed by atoms with E-state index in [1.165, 1.54) is 0 Å². The summed E-state index contributed by atoms with van der Waals surface area (Å²) in [7, 11) is 0. The normalized spacial score (nSPS) is 10.7. The van der Waals surface area contributed by atoms with Crippen LogP contribution in [0.2, 0.25) is 0 Å². The first-order valence-corrected chi connectivity index (χ1v) is 7.51. The summed E-state index contributed by atoms with van der Waals surface area (Å²) < 4.78 is 6.49. The predicted octanol–water partition coefficient (Wildman–Crippen LogP) is 3.31. The first-order valence-electron chi connectivity index (χ1n) is 6.71. The van der Waals surface area contributed by atoms with Crippen molar-refractivity contribution in [1.29, 1.82) is 0 Å². The molecule has 0 atom stereocenters. The van der Waals surface area contributed by atoms with Crippen LogP contribution in [0, 0.1) is 0 Å². The van der Waals surface area contributed by atoms with Gasteiger partial charge in [0, 0.05) is 10.2 Å². The number of halogens is 1. The standard InChI is InChI=1S/C14H18BrN5O/c1-4-9-7-10(15)5-6-11(9)17-13-18-12(16)19-14(20-13)21-8(2)3/h5-8H,4H2,1-3H3,(H3,16,17,18,19,20). The molecule has 112 valence electrons. The maximum Gasteiger partial charge on any atom is 0.323 e. The van der Waals surface area contributed by atoms with E-state index in [4.69, 9.17) is 10.5 Å². The highest BCUT2D eigenvalue weighted by Gasteiger charge is 2.09. The average Bonchev–Trinajstić information content (AvgIpc) is 2.39. The van der Waals surface area contributed by atoms with Gasteiger partial charge in [-0.15, -0.1) is 0 Å². The first kappa shape index (κ1) is 15.5. The Morgan fingerprint density at radius 3 is 2.71 bits per heavy atom. The van der Waals surface area contributed by atoms with Crippen molar-refractivity contribution >= 4 is 33.5 Å². The molecule has 1 heterocycles. The molecule has 0 radical (unpaired) electrons. The van der Waals surface area contributed by atoms with E-state index in [9.17, 15) is 0 Å². The van der Waals surface area contributed by atoms with Crippen LogP contribution in [0.3, 0.4) is 0 Å². The van der Waals surface area contributed by atoms with Crippen LogP contribution in [0.25, 0.3) is 0 Å². The minimum atomic E-state index is -0.0291. The second kappa shape index (κ2) is 6.71. The summed E-state index contributed by atoms with van der Waals surface area (Å²) in [5.74, 6) is 0.494. The number of aromatic nitrogens is 3. The number of anilines is 3. The lowest BCUT2D eigenvalue weighted by atomic mass is 10.1. The Labute approximate surface area is 132 Å². The zero-order valence-corrected chi connectivity index (χ0v) is 13.8. The van der Waals surface area contributed by atoms with Gasteiger partial charge in [0.15, 0.2) is 0 Å². The maximum absolute atomic E-state index is 5.69. The molecule has 7 heteroatoms. The molecule has 0 fully saturated rings. The summed E-state index contributed by atoms with van der Waals surface area (Å²) in [6.45, 7) is 5.88. The molecular formula is C14H18BrN5O. The summed E-state index contributed by atoms with van der Waals surface area (Å²) in [4.78, 5) is 12.3. The third-order valence-electron chi connectivity index (χ3n) is 2.67. The molecule has 0 unspecified atom stereocenters. The molecule has 0 bridgehead atoms. The highest BCUT2D eigenvalue weighted by Crippen LogP contribution is 2.24. The molecular weight excluding hydrogens is 334 g/mol. The van der Waals surface area contributed by atoms with E-state index < -0.39 is 0 Å². The van der Waals surface area contributed by atoms with Crippen molar-refractivity contribution in [2.75, 3.05) is 11.1 Å². The molecule has 0 saturated carbocycles. The number of hydrogen-bond acceptors (Lipinski definition) is 6. The molecule has 0 saturated heterocycles. The molecule has 0 aliphatic carbocycles. The minimum Gasteiger partial charge on any atom is -0.461 e. The van der Waals surface area contributed by atoms with Crippen LogP contribution in [-0.4, -0.2) is 21.1 Å². The summed E-state index contributed by atoms with van der Waals surface area (Å²) in [6.07, 6.45) is 0.857. The van der Waals surface area contributed by atoms with Gasteiger partial charge in [0.1, 0.15) is 0 Å². The number of nitrogen functional groups attached to an aromatic ring is 1. The summed E-state index contributed by atoms with van der Waals surface area (Å²) in [5, 5.41) is 3.16. The summed E-state index contributed by atoms with van der Waals surface area (Å²) in [5.41, 5.74) is 7.77. The van der Waals surface area contributed by atoms with Crippen molar-refractivity contribution < 1.29 is 4.74 Å². The van der Waals surface area contributed by atoms with Gasteiger partial charge in [0.05, 0.1) is 6.10 Å². The number of nitrogens with zero attached hydrogens (tertiary/aromatic N) is 3. The molecule has 1 aromatic carbocycles. The topological polar surface area (TPSA) is 86.0 Å². The van der Waals surface area contributed by atoms with Gasteiger partial charge in [-0.3, -0.25) is 0 Å². The molecule has 2 aromatic rings. The largest absolute Gasteiger partial charge is 0.461 e. The molecule has 3 N–H and O–H groups in total. The summed E-state index contributed by atoms with van der Waals surface area (Å²) >= 11 is 3.46. The van der Waals surface area contributed by atoms with Gasteiger partial charge in [-0.05, 0) is 44.0 Å². The lowest BCUT2D eigenvalue weighted by molar-refractivity contribution is 0.222. The first-order chi connectivity index (χ1) is 9.97. The third kappa shape index (κ3) is 4.29. The van der Waals surface area contributed by atoms with E-state index in [0.717, 1.165) is 22.1 Å². The van der Waals surface area contributed by atoms with E-state index >= 15 is 0 Å². The molecule has 0 aliphatic rings. The highest BCUT2D eigenvalue weighted by molar-refractivity contribution is 9.10. The van der Waals surface area contributed by atoms with Crippen molar-refractivity contribution in [3.05, 3.63) is 28.2 Å². The average molecular weight is 352 g/mol. The van der Waals surface area contributed by atoms with Gasteiger partial charge in [-0.1, -0.05) is 22.9 Å². The molecule has 6 nitrogen and oxygen atoms in total. The van der Waals surface area contributed by atoms with E-state index in [2.05, 4.69) is 49.2 Å². The van der Waals surface area contributed by atoms with Gasteiger partial charge in [0.25, 0.3) is 0 Å². The van der Waals surface area contributed by atoms with Gasteiger partial charge in [0.2, 0.25) is 11.9 Å². The Bertz CT molecular complexity index is 633. The van der Waals surface area contributed by atoms with Crippen molar-refractivity contribution in [2.45, 2.75) is 33.3 Å². The van der Waals surface area contributed by atoms with E-state index in [0.29, 0.717) is 5.95 Å². The van der Waals surface area contributed by atoms with Crippen LogP contribution in [0.1, 0.15) is 26.3 Å². The third-order valence-corrected chi connectivity index (χ3v) is 3.16. The number of rotatable bonds is 5. The van der Waals surface area contributed by atoms with Crippen LogP contribution in [0.15, 0.2) is 22.7 Å². The number of nitrogens with two attached hydrogens (primary N) is 1. The van der Waals surface area contributed by atoms with Crippen molar-refractivity contribution in [3.63, 3.8) is 0 Å². The van der Waals surface area contributed by atoms with Crippen LogP contribution < -0.4 is 15.8 Å². The molecule has 2 rings (SSSR count). The van der Waals surface area contributed by atoms with Crippen LogP contribution in [0.5, 0.6) is 6.01 Å². The Morgan fingerprint density at radius 2 is 2.05 bits per heavy atom. The zero-order valence-electron chi connectivity index (χ0n) is 12.2. The molecule has 0 spiro atoms. The quantitative estimate of drug-likeness (QED) is 0.859. The van der Waals surface area contributed by atoms with E-state index in [-0.39, 0.29) is 18.1 Å². The van der Waals surface area contributed by atoms with E-state index in [1.54, 1.807) is 0 Å².